The zero-order chi connectivity index (χ0) is 20.4. The van der Waals surface area contributed by atoms with Gasteiger partial charge in [-0.25, -0.2) is 9.97 Å². The fourth-order valence-electron chi connectivity index (χ4n) is 3.93. The monoisotopic (exact) mass is 410 g/mol. The molecule has 1 amide bonds. The first-order valence-corrected chi connectivity index (χ1v) is 10.8. The van der Waals surface area contributed by atoms with E-state index < -0.39 is 0 Å². The lowest BCUT2D eigenvalue weighted by Crippen LogP contribution is -2.40. The number of carbonyl (C=O) groups excluding carboxylic acids is 1. The molecule has 3 aromatic rings. The molecule has 1 aliphatic rings. The van der Waals surface area contributed by atoms with Crippen LogP contribution in [-0.2, 0) is 11.3 Å². The van der Waals surface area contributed by atoms with Gasteiger partial charge in [-0.05, 0) is 38.3 Å². The summed E-state index contributed by atoms with van der Waals surface area (Å²) in [7, 11) is 1.65. The molecule has 29 heavy (non-hydrogen) atoms. The third kappa shape index (κ3) is 3.92. The molecule has 0 bridgehead atoms. The molecule has 1 aliphatic heterocycles. The van der Waals surface area contributed by atoms with E-state index >= 15 is 0 Å². The molecule has 152 valence electrons. The third-order valence-corrected chi connectivity index (χ3v) is 6.87. The van der Waals surface area contributed by atoms with Gasteiger partial charge in [0, 0.05) is 36.0 Å². The SMILES string of the molecule is COc1ccccc1CNC(=O)C1CCN(c2ncnc3sc(C)c(C)c23)CC1. The molecule has 0 atom stereocenters. The maximum absolute atomic E-state index is 12.7. The second-order valence-electron chi connectivity index (χ2n) is 7.45. The highest BCUT2D eigenvalue weighted by Gasteiger charge is 2.27. The summed E-state index contributed by atoms with van der Waals surface area (Å²) < 4.78 is 5.36. The standard InChI is InChI=1S/C22H26N4O2S/c1-14-15(2)29-22-19(14)20(24-13-25-22)26-10-8-16(9-11-26)21(27)23-12-17-6-4-5-7-18(17)28-3/h4-7,13,16H,8-12H2,1-3H3,(H,23,27). The summed E-state index contributed by atoms with van der Waals surface area (Å²) >= 11 is 1.72. The number of rotatable bonds is 5. The highest BCUT2D eigenvalue weighted by Crippen LogP contribution is 2.35. The van der Waals surface area contributed by atoms with Crippen LogP contribution in [0.1, 0.15) is 28.8 Å². The minimum atomic E-state index is 0.0311. The number of thiophene rings is 1. The zero-order valence-electron chi connectivity index (χ0n) is 17.1. The number of nitrogens with zero attached hydrogens (tertiary/aromatic N) is 3. The Hall–Kier alpha value is -2.67. The number of benzene rings is 1. The van der Waals surface area contributed by atoms with Crippen LogP contribution in [0.2, 0.25) is 0 Å². The van der Waals surface area contributed by atoms with Crippen molar-refractivity contribution in [2.45, 2.75) is 33.2 Å². The van der Waals surface area contributed by atoms with E-state index in [4.69, 9.17) is 4.74 Å². The Morgan fingerprint density at radius 2 is 2.00 bits per heavy atom. The van der Waals surface area contributed by atoms with Crippen LogP contribution in [0.25, 0.3) is 10.2 Å². The van der Waals surface area contributed by atoms with Crippen molar-refractivity contribution in [2.24, 2.45) is 5.92 Å². The predicted octanol–water partition coefficient (Wildman–Crippen LogP) is 3.85. The van der Waals surface area contributed by atoms with E-state index in [1.807, 2.05) is 24.3 Å². The van der Waals surface area contributed by atoms with E-state index in [1.54, 1.807) is 24.8 Å². The highest BCUT2D eigenvalue weighted by molar-refractivity contribution is 7.18. The van der Waals surface area contributed by atoms with E-state index in [1.165, 1.54) is 10.4 Å². The number of carbonyl (C=O) groups is 1. The topological polar surface area (TPSA) is 67.3 Å². The lowest BCUT2D eigenvalue weighted by molar-refractivity contribution is -0.125. The Labute approximate surface area is 174 Å². The molecule has 0 aliphatic carbocycles. The summed E-state index contributed by atoms with van der Waals surface area (Å²) in [4.78, 5) is 26.3. The van der Waals surface area contributed by atoms with Crippen LogP contribution >= 0.6 is 11.3 Å². The fraction of sp³-hybridized carbons (Fsp3) is 0.409. The molecular formula is C22H26N4O2S. The van der Waals surface area contributed by atoms with Crippen molar-refractivity contribution in [3.8, 4) is 5.75 Å². The molecule has 0 saturated carbocycles. The fourth-order valence-corrected chi connectivity index (χ4v) is 4.92. The van der Waals surface area contributed by atoms with Crippen LogP contribution in [0.5, 0.6) is 5.75 Å². The summed E-state index contributed by atoms with van der Waals surface area (Å²) in [6, 6.07) is 7.78. The number of amides is 1. The molecule has 1 saturated heterocycles. The predicted molar refractivity (Wildman–Crippen MR) is 117 cm³/mol. The third-order valence-electron chi connectivity index (χ3n) is 5.76. The summed E-state index contributed by atoms with van der Waals surface area (Å²) in [5.41, 5.74) is 2.25. The van der Waals surface area contributed by atoms with Gasteiger partial charge in [0.25, 0.3) is 0 Å². The molecule has 7 heteroatoms. The lowest BCUT2D eigenvalue weighted by atomic mass is 9.95. The van der Waals surface area contributed by atoms with Crippen LogP contribution in [0.15, 0.2) is 30.6 Å². The van der Waals surface area contributed by atoms with Crippen molar-refractivity contribution in [3.05, 3.63) is 46.6 Å². The van der Waals surface area contributed by atoms with Gasteiger partial charge in [0.15, 0.2) is 0 Å². The van der Waals surface area contributed by atoms with Gasteiger partial charge in [0.2, 0.25) is 5.91 Å². The first-order valence-electron chi connectivity index (χ1n) is 9.93. The molecule has 1 aromatic carbocycles. The second kappa shape index (κ2) is 8.37. The van der Waals surface area contributed by atoms with Gasteiger partial charge in [-0.1, -0.05) is 18.2 Å². The molecule has 2 aromatic heterocycles. The van der Waals surface area contributed by atoms with Crippen molar-refractivity contribution < 1.29 is 9.53 Å². The van der Waals surface area contributed by atoms with E-state index in [-0.39, 0.29) is 11.8 Å². The largest absolute Gasteiger partial charge is 0.496 e. The lowest BCUT2D eigenvalue weighted by Gasteiger charge is -2.32. The quantitative estimate of drug-likeness (QED) is 0.692. The molecule has 3 heterocycles. The number of hydrogen-bond donors (Lipinski definition) is 1. The maximum atomic E-state index is 12.7. The van der Waals surface area contributed by atoms with Gasteiger partial charge in [-0.15, -0.1) is 11.3 Å². The number of hydrogen-bond acceptors (Lipinski definition) is 6. The van der Waals surface area contributed by atoms with Crippen molar-refractivity contribution >= 4 is 33.3 Å². The smallest absolute Gasteiger partial charge is 0.223 e. The molecule has 0 unspecified atom stereocenters. The molecule has 0 radical (unpaired) electrons. The Balaban J connectivity index is 1.39. The highest BCUT2D eigenvalue weighted by atomic mass is 32.1. The average Bonchev–Trinajstić information content (AvgIpc) is 3.06. The van der Waals surface area contributed by atoms with Gasteiger partial charge in [-0.2, -0.15) is 0 Å². The number of piperidine rings is 1. The minimum Gasteiger partial charge on any atom is -0.496 e. The van der Waals surface area contributed by atoms with E-state index in [2.05, 4.69) is 34.0 Å². The normalized spacial score (nSPS) is 14.9. The number of aromatic nitrogens is 2. The number of para-hydroxylation sites is 1. The summed E-state index contributed by atoms with van der Waals surface area (Å²) in [5, 5.41) is 4.24. The maximum Gasteiger partial charge on any atom is 0.223 e. The Morgan fingerprint density at radius 3 is 2.76 bits per heavy atom. The molecule has 0 spiro atoms. The van der Waals surface area contributed by atoms with Crippen molar-refractivity contribution in [1.82, 2.24) is 15.3 Å². The van der Waals surface area contributed by atoms with Crippen LogP contribution in [0, 0.1) is 19.8 Å². The summed E-state index contributed by atoms with van der Waals surface area (Å²) in [5.74, 6) is 1.95. The first-order chi connectivity index (χ1) is 14.1. The number of methoxy groups -OCH3 is 1. The Morgan fingerprint density at radius 1 is 1.24 bits per heavy atom. The van der Waals surface area contributed by atoms with Gasteiger partial charge in [-0.3, -0.25) is 4.79 Å². The van der Waals surface area contributed by atoms with Crippen LogP contribution in [0.4, 0.5) is 5.82 Å². The van der Waals surface area contributed by atoms with Crippen molar-refractivity contribution in [3.63, 3.8) is 0 Å². The summed E-state index contributed by atoms with van der Waals surface area (Å²) in [6.45, 7) is 6.41. The Bertz CT molecular complexity index is 1020. The Kier molecular flexibility index (Phi) is 5.67. The van der Waals surface area contributed by atoms with Gasteiger partial charge >= 0.3 is 0 Å². The van der Waals surface area contributed by atoms with E-state index in [0.29, 0.717) is 6.54 Å². The van der Waals surface area contributed by atoms with Crippen molar-refractivity contribution in [1.29, 1.82) is 0 Å². The summed E-state index contributed by atoms with van der Waals surface area (Å²) in [6.07, 6.45) is 3.30. The number of fused-ring (bicyclic) bond motifs is 1. The van der Waals surface area contributed by atoms with Gasteiger partial charge in [0.1, 0.15) is 22.7 Å². The molecule has 1 N–H and O–H groups in total. The van der Waals surface area contributed by atoms with Crippen LogP contribution in [0.3, 0.4) is 0 Å². The van der Waals surface area contributed by atoms with E-state index in [0.717, 1.165) is 53.3 Å². The number of anilines is 1. The molecule has 4 rings (SSSR count). The van der Waals surface area contributed by atoms with Gasteiger partial charge < -0.3 is 15.0 Å². The van der Waals surface area contributed by atoms with Crippen molar-refractivity contribution in [2.75, 3.05) is 25.1 Å². The molecule has 1 fully saturated rings. The minimum absolute atomic E-state index is 0.0311. The van der Waals surface area contributed by atoms with Gasteiger partial charge in [0.05, 0.1) is 12.5 Å². The first kappa shape index (κ1) is 19.6. The number of ether oxygens (including phenoxy) is 1. The van der Waals surface area contributed by atoms with Crippen LogP contribution < -0.4 is 15.0 Å². The second-order valence-corrected chi connectivity index (χ2v) is 8.65. The molecular weight excluding hydrogens is 384 g/mol. The zero-order valence-corrected chi connectivity index (χ0v) is 17.9. The van der Waals surface area contributed by atoms with Crippen LogP contribution in [-0.4, -0.2) is 36.1 Å². The number of nitrogens with one attached hydrogen (secondary N) is 1. The molecule has 6 nitrogen and oxygen atoms in total. The average molecular weight is 411 g/mol. The van der Waals surface area contributed by atoms with E-state index in [9.17, 15) is 4.79 Å². The number of aryl methyl sites for hydroxylation is 2.